The van der Waals surface area contributed by atoms with E-state index in [4.69, 9.17) is 4.74 Å². The third-order valence-corrected chi connectivity index (χ3v) is 3.99. The minimum Gasteiger partial charge on any atom is -0.466 e. The second-order valence-electron chi connectivity index (χ2n) is 5.91. The quantitative estimate of drug-likeness (QED) is 0.294. The molecule has 20 heavy (non-hydrogen) atoms. The molecule has 0 fully saturated rings. The first-order valence-electron chi connectivity index (χ1n) is 8.90. The molecule has 0 amide bonds. The van der Waals surface area contributed by atoms with E-state index >= 15 is 0 Å². The van der Waals surface area contributed by atoms with E-state index < -0.39 is 0 Å². The number of carbonyl (C=O) groups excluding carboxylic acids is 1. The van der Waals surface area contributed by atoms with E-state index in [-0.39, 0.29) is 5.97 Å². The smallest absolute Gasteiger partial charge is 0.305 e. The van der Waals surface area contributed by atoms with Crippen molar-refractivity contribution in [2.75, 3.05) is 6.61 Å². The van der Waals surface area contributed by atoms with Gasteiger partial charge in [-0.15, -0.1) is 0 Å². The highest BCUT2D eigenvalue weighted by molar-refractivity contribution is 5.69. The lowest BCUT2D eigenvalue weighted by atomic mass is 9.90. The fraction of sp³-hybridized carbons (Fsp3) is 0.944. The molecule has 0 aromatic heterocycles. The highest BCUT2D eigenvalue weighted by Gasteiger charge is 2.11. The average Bonchev–Trinajstić information content (AvgIpc) is 2.44. The van der Waals surface area contributed by atoms with Gasteiger partial charge in [-0.1, -0.05) is 78.1 Å². The first-order valence-corrected chi connectivity index (χ1v) is 8.90. The summed E-state index contributed by atoms with van der Waals surface area (Å²) in [7, 11) is 0. The number of hydrogen-bond acceptors (Lipinski definition) is 2. The van der Waals surface area contributed by atoms with Gasteiger partial charge < -0.3 is 4.74 Å². The lowest BCUT2D eigenvalue weighted by molar-refractivity contribution is -0.143. The largest absolute Gasteiger partial charge is 0.466 e. The van der Waals surface area contributed by atoms with Crippen LogP contribution in [-0.4, -0.2) is 12.6 Å². The third-order valence-electron chi connectivity index (χ3n) is 3.99. The van der Waals surface area contributed by atoms with Crippen LogP contribution in [0.5, 0.6) is 0 Å². The lowest BCUT2D eigenvalue weighted by Gasteiger charge is -2.16. The number of carbonyl (C=O) groups is 1. The molecule has 0 spiro atoms. The van der Waals surface area contributed by atoms with Gasteiger partial charge in [-0.25, -0.2) is 0 Å². The Balaban J connectivity index is 3.84. The van der Waals surface area contributed by atoms with Crippen molar-refractivity contribution < 1.29 is 9.53 Å². The van der Waals surface area contributed by atoms with Crippen LogP contribution < -0.4 is 0 Å². The van der Waals surface area contributed by atoms with E-state index in [1.165, 1.54) is 64.2 Å². The Morgan fingerprint density at radius 2 is 1.35 bits per heavy atom. The molecule has 2 heteroatoms. The average molecular weight is 284 g/mol. The van der Waals surface area contributed by atoms with E-state index in [0.717, 1.165) is 12.3 Å². The van der Waals surface area contributed by atoms with Crippen LogP contribution in [0.1, 0.15) is 97.8 Å². The summed E-state index contributed by atoms with van der Waals surface area (Å²) in [5.41, 5.74) is 0. The van der Waals surface area contributed by atoms with Gasteiger partial charge in [0.05, 0.1) is 6.61 Å². The molecule has 0 bridgehead atoms. The third kappa shape index (κ3) is 12.5. The molecule has 0 saturated carbocycles. The predicted octanol–water partition coefficient (Wildman–Crippen LogP) is 5.89. The summed E-state index contributed by atoms with van der Waals surface area (Å²) in [6.45, 7) is 6.89. The minimum atomic E-state index is -0.0148. The van der Waals surface area contributed by atoms with E-state index in [1.54, 1.807) is 0 Å². The van der Waals surface area contributed by atoms with Gasteiger partial charge in [-0.2, -0.15) is 0 Å². The SMILES string of the molecule is CCCCCCCC(CCCCC)CCC(=O)OCC. The number of esters is 1. The van der Waals surface area contributed by atoms with Gasteiger partial charge in [0.25, 0.3) is 0 Å². The molecule has 0 aliphatic heterocycles. The van der Waals surface area contributed by atoms with E-state index in [2.05, 4.69) is 13.8 Å². The first-order chi connectivity index (χ1) is 9.74. The Morgan fingerprint density at radius 3 is 1.95 bits per heavy atom. The Hall–Kier alpha value is -0.530. The predicted molar refractivity (Wildman–Crippen MR) is 86.9 cm³/mol. The topological polar surface area (TPSA) is 26.3 Å². The van der Waals surface area contributed by atoms with Crippen LogP contribution in [0.3, 0.4) is 0 Å². The molecule has 120 valence electrons. The number of unbranched alkanes of at least 4 members (excludes halogenated alkanes) is 6. The van der Waals surface area contributed by atoms with Gasteiger partial charge in [0.15, 0.2) is 0 Å². The van der Waals surface area contributed by atoms with Gasteiger partial charge in [-0.05, 0) is 19.3 Å². The molecule has 0 aromatic carbocycles. The van der Waals surface area contributed by atoms with Crippen molar-refractivity contribution in [3.8, 4) is 0 Å². The number of rotatable bonds is 14. The molecule has 0 N–H and O–H groups in total. The van der Waals surface area contributed by atoms with E-state index in [0.29, 0.717) is 13.0 Å². The Labute approximate surface area is 126 Å². The van der Waals surface area contributed by atoms with Crippen LogP contribution in [0.2, 0.25) is 0 Å². The fourth-order valence-electron chi connectivity index (χ4n) is 2.71. The first kappa shape index (κ1) is 19.5. The molecule has 0 aromatic rings. The van der Waals surface area contributed by atoms with Crippen molar-refractivity contribution in [1.82, 2.24) is 0 Å². The van der Waals surface area contributed by atoms with Crippen molar-refractivity contribution >= 4 is 5.97 Å². The van der Waals surface area contributed by atoms with Crippen molar-refractivity contribution in [1.29, 1.82) is 0 Å². The summed E-state index contributed by atoms with van der Waals surface area (Å²) in [5.74, 6) is 0.714. The minimum absolute atomic E-state index is 0.0148. The normalized spacial score (nSPS) is 12.3. The number of ether oxygens (including phenoxy) is 1. The molecule has 1 atom stereocenters. The van der Waals surface area contributed by atoms with Gasteiger partial charge >= 0.3 is 5.97 Å². The van der Waals surface area contributed by atoms with Crippen LogP contribution in [0.4, 0.5) is 0 Å². The molecule has 1 unspecified atom stereocenters. The maximum atomic E-state index is 11.5. The van der Waals surface area contributed by atoms with Crippen molar-refractivity contribution in [2.24, 2.45) is 5.92 Å². The van der Waals surface area contributed by atoms with Gasteiger partial charge in [0, 0.05) is 6.42 Å². The zero-order valence-electron chi connectivity index (χ0n) is 14.1. The van der Waals surface area contributed by atoms with Crippen LogP contribution in [0.15, 0.2) is 0 Å². The molecule has 2 nitrogen and oxygen atoms in total. The van der Waals surface area contributed by atoms with Gasteiger partial charge in [0.2, 0.25) is 0 Å². The lowest BCUT2D eigenvalue weighted by Crippen LogP contribution is -2.08. The molecular formula is C18H36O2. The molecular weight excluding hydrogens is 248 g/mol. The summed E-state index contributed by atoms with van der Waals surface area (Å²) in [5, 5.41) is 0. The summed E-state index contributed by atoms with van der Waals surface area (Å²) < 4.78 is 5.04. The summed E-state index contributed by atoms with van der Waals surface area (Å²) in [6, 6.07) is 0. The van der Waals surface area contributed by atoms with Crippen molar-refractivity contribution in [3.63, 3.8) is 0 Å². The number of hydrogen-bond donors (Lipinski definition) is 0. The Kier molecular flexibility index (Phi) is 14.5. The molecule has 0 rings (SSSR count). The van der Waals surface area contributed by atoms with Crippen molar-refractivity contribution in [3.05, 3.63) is 0 Å². The zero-order chi connectivity index (χ0) is 15.1. The van der Waals surface area contributed by atoms with E-state index in [1.807, 2.05) is 6.92 Å². The zero-order valence-corrected chi connectivity index (χ0v) is 14.1. The standard InChI is InChI=1S/C18H36O2/c1-4-7-9-10-12-14-17(13-11-8-5-2)15-16-18(19)20-6-3/h17H,4-16H2,1-3H3. The molecule has 0 aliphatic carbocycles. The summed E-state index contributed by atoms with van der Waals surface area (Å²) in [4.78, 5) is 11.5. The van der Waals surface area contributed by atoms with E-state index in [9.17, 15) is 4.79 Å². The highest BCUT2D eigenvalue weighted by atomic mass is 16.5. The highest BCUT2D eigenvalue weighted by Crippen LogP contribution is 2.23. The molecule has 0 heterocycles. The maximum Gasteiger partial charge on any atom is 0.305 e. The van der Waals surface area contributed by atoms with Crippen LogP contribution in [0, 0.1) is 5.92 Å². The second kappa shape index (κ2) is 14.9. The van der Waals surface area contributed by atoms with Crippen molar-refractivity contribution in [2.45, 2.75) is 97.8 Å². The monoisotopic (exact) mass is 284 g/mol. The van der Waals surface area contributed by atoms with Crippen LogP contribution >= 0.6 is 0 Å². The van der Waals surface area contributed by atoms with Crippen LogP contribution in [0.25, 0.3) is 0 Å². The van der Waals surface area contributed by atoms with Crippen LogP contribution in [-0.2, 0) is 9.53 Å². The van der Waals surface area contributed by atoms with Gasteiger partial charge in [0.1, 0.15) is 0 Å². The molecule has 0 radical (unpaired) electrons. The maximum absolute atomic E-state index is 11.5. The summed E-state index contributed by atoms with van der Waals surface area (Å²) >= 11 is 0. The van der Waals surface area contributed by atoms with Gasteiger partial charge in [-0.3, -0.25) is 4.79 Å². The molecule has 0 saturated heterocycles. The Morgan fingerprint density at radius 1 is 0.800 bits per heavy atom. The second-order valence-corrected chi connectivity index (χ2v) is 5.91. The summed E-state index contributed by atoms with van der Waals surface area (Å²) in [6.07, 6.45) is 14.9. The molecule has 0 aliphatic rings. The fourth-order valence-corrected chi connectivity index (χ4v) is 2.71. The Bertz CT molecular complexity index is 213.